The highest BCUT2D eigenvalue weighted by atomic mass is 32.1. The molecule has 0 aliphatic carbocycles. The predicted octanol–water partition coefficient (Wildman–Crippen LogP) is 4.36. The van der Waals surface area contributed by atoms with Gasteiger partial charge in [0.15, 0.2) is 16.6 Å². The number of aromatic nitrogens is 1. The number of amides is 1. The van der Waals surface area contributed by atoms with Crippen molar-refractivity contribution in [1.29, 1.82) is 0 Å². The van der Waals surface area contributed by atoms with Crippen molar-refractivity contribution in [1.82, 2.24) is 4.98 Å². The quantitative estimate of drug-likeness (QED) is 0.825. The van der Waals surface area contributed by atoms with Gasteiger partial charge < -0.3 is 9.47 Å². The minimum Gasteiger partial charge on any atom is -0.493 e. The maximum absolute atomic E-state index is 11.8. The fourth-order valence-corrected chi connectivity index (χ4v) is 3.72. The maximum Gasteiger partial charge on any atom is 0.252 e. The number of ether oxygens (including phenoxy) is 2. The van der Waals surface area contributed by atoms with E-state index in [4.69, 9.17) is 9.47 Å². The van der Waals surface area contributed by atoms with Crippen LogP contribution >= 0.6 is 11.3 Å². The van der Waals surface area contributed by atoms with Gasteiger partial charge in [-0.3, -0.25) is 10.1 Å². The Morgan fingerprint density at radius 3 is 2.80 bits per heavy atom. The van der Waals surface area contributed by atoms with Crippen LogP contribution in [0.5, 0.6) is 11.5 Å². The highest BCUT2D eigenvalue weighted by Gasteiger charge is 2.33. The van der Waals surface area contributed by atoms with Crippen molar-refractivity contribution >= 4 is 22.4 Å². The van der Waals surface area contributed by atoms with Crippen LogP contribution in [0.3, 0.4) is 0 Å². The number of methoxy groups -OCH3 is 1. The van der Waals surface area contributed by atoms with Crippen molar-refractivity contribution in [3.63, 3.8) is 0 Å². The minimum absolute atomic E-state index is 0.220. The highest BCUT2D eigenvalue weighted by Crippen LogP contribution is 2.45. The van der Waals surface area contributed by atoms with Crippen LogP contribution in [0.4, 0.5) is 5.13 Å². The second kappa shape index (κ2) is 6.19. The summed E-state index contributed by atoms with van der Waals surface area (Å²) in [6.45, 7) is 11.4. The minimum atomic E-state index is -0.244. The number of nitrogens with zero attached hydrogens (tertiary/aromatic N) is 1. The van der Waals surface area contributed by atoms with Gasteiger partial charge in [-0.05, 0) is 39.8 Å². The molecule has 0 saturated carbocycles. The molecule has 1 amide bonds. The molecule has 25 heavy (non-hydrogen) atoms. The van der Waals surface area contributed by atoms with E-state index in [-0.39, 0.29) is 11.5 Å². The summed E-state index contributed by atoms with van der Waals surface area (Å²) in [6.07, 6.45) is 0.814. The van der Waals surface area contributed by atoms with Crippen LogP contribution in [-0.4, -0.2) is 23.6 Å². The third kappa shape index (κ3) is 3.39. The zero-order chi connectivity index (χ0) is 18.4. The number of hydrogen-bond donors (Lipinski definition) is 1. The lowest BCUT2D eigenvalue weighted by Gasteiger charge is -2.17. The van der Waals surface area contributed by atoms with Crippen LogP contribution in [0.2, 0.25) is 0 Å². The normalized spacial score (nSPS) is 14.6. The molecule has 0 spiro atoms. The van der Waals surface area contributed by atoms with Crippen molar-refractivity contribution in [3.05, 3.63) is 34.7 Å². The van der Waals surface area contributed by atoms with Gasteiger partial charge in [0.25, 0.3) is 5.91 Å². The number of thiazole rings is 1. The van der Waals surface area contributed by atoms with E-state index in [0.717, 1.165) is 33.9 Å². The smallest absolute Gasteiger partial charge is 0.252 e. The Bertz CT molecular complexity index is 868. The molecule has 0 fully saturated rings. The van der Waals surface area contributed by atoms with E-state index in [9.17, 15) is 4.79 Å². The van der Waals surface area contributed by atoms with Crippen molar-refractivity contribution in [3.8, 4) is 22.8 Å². The molecule has 0 radical (unpaired) electrons. The standard InChI is InChI=1S/C19H22N2O3S/c1-10(2)17(22)21-18-20-15(11(3)25-18)12-7-13-9-19(4,5)24-16(13)14(8-12)23-6/h7-8H,1,9H2,2-6H3,(H,20,21,22). The molecule has 0 saturated heterocycles. The molecule has 1 aromatic carbocycles. The molecule has 1 aromatic heterocycles. The number of hydrogen-bond acceptors (Lipinski definition) is 5. The zero-order valence-electron chi connectivity index (χ0n) is 15.1. The summed E-state index contributed by atoms with van der Waals surface area (Å²) < 4.78 is 11.5. The third-order valence-corrected chi connectivity index (χ3v) is 4.91. The number of carbonyl (C=O) groups excluding carboxylic acids is 1. The fraction of sp³-hybridized carbons (Fsp3) is 0.368. The maximum atomic E-state index is 11.8. The van der Waals surface area contributed by atoms with E-state index >= 15 is 0 Å². The first-order chi connectivity index (χ1) is 11.7. The van der Waals surface area contributed by atoms with Crippen molar-refractivity contribution in [2.75, 3.05) is 12.4 Å². The van der Waals surface area contributed by atoms with Crippen molar-refractivity contribution in [2.24, 2.45) is 0 Å². The molecule has 1 aliphatic heterocycles. The molecule has 5 nitrogen and oxygen atoms in total. The Morgan fingerprint density at radius 1 is 1.44 bits per heavy atom. The van der Waals surface area contributed by atoms with Crippen molar-refractivity contribution in [2.45, 2.75) is 39.7 Å². The third-order valence-electron chi connectivity index (χ3n) is 4.02. The molecule has 0 atom stereocenters. The first-order valence-electron chi connectivity index (χ1n) is 8.05. The summed E-state index contributed by atoms with van der Waals surface area (Å²) in [5, 5.41) is 3.35. The summed E-state index contributed by atoms with van der Waals surface area (Å²) >= 11 is 1.45. The van der Waals surface area contributed by atoms with Gasteiger partial charge in [-0.2, -0.15) is 0 Å². The summed E-state index contributed by atoms with van der Waals surface area (Å²) in [6, 6.07) is 4.03. The molecule has 2 heterocycles. The summed E-state index contributed by atoms with van der Waals surface area (Å²) in [5.41, 5.74) is 3.12. The Morgan fingerprint density at radius 2 is 2.16 bits per heavy atom. The average molecular weight is 358 g/mol. The van der Waals surface area contributed by atoms with Gasteiger partial charge in [0.1, 0.15) is 5.60 Å². The number of carbonyl (C=O) groups is 1. The summed E-state index contributed by atoms with van der Waals surface area (Å²) in [7, 11) is 1.64. The predicted molar refractivity (Wildman–Crippen MR) is 101 cm³/mol. The summed E-state index contributed by atoms with van der Waals surface area (Å²) in [5.74, 6) is 1.29. The molecular formula is C19H22N2O3S. The molecule has 132 valence electrons. The lowest BCUT2D eigenvalue weighted by molar-refractivity contribution is -0.112. The fourth-order valence-electron chi connectivity index (χ4n) is 2.89. The lowest BCUT2D eigenvalue weighted by atomic mass is 9.99. The van der Waals surface area contributed by atoms with Gasteiger partial charge in [-0.25, -0.2) is 4.98 Å². The van der Waals surface area contributed by atoms with Crippen LogP contribution < -0.4 is 14.8 Å². The van der Waals surface area contributed by atoms with E-state index in [1.807, 2.05) is 13.0 Å². The molecule has 6 heteroatoms. The van der Waals surface area contributed by atoms with Crippen LogP contribution in [0, 0.1) is 6.92 Å². The first-order valence-corrected chi connectivity index (χ1v) is 8.86. The number of aryl methyl sites for hydroxylation is 1. The molecule has 3 rings (SSSR count). The highest BCUT2D eigenvalue weighted by molar-refractivity contribution is 7.16. The van der Waals surface area contributed by atoms with Crippen LogP contribution in [0.1, 0.15) is 31.2 Å². The largest absolute Gasteiger partial charge is 0.493 e. The first kappa shape index (κ1) is 17.5. The molecule has 0 unspecified atom stereocenters. The lowest BCUT2D eigenvalue weighted by Crippen LogP contribution is -2.24. The number of nitrogens with one attached hydrogen (secondary N) is 1. The Labute approximate surface area is 151 Å². The topological polar surface area (TPSA) is 60.5 Å². The van der Waals surface area contributed by atoms with E-state index in [2.05, 4.69) is 36.8 Å². The molecule has 1 aliphatic rings. The molecule has 2 aromatic rings. The van der Waals surface area contributed by atoms with Gasteiger partial charge >= 0.3 is 0 Å². The zero-order valence-corrected chi connectivity index (χ0v) is 16.0. The van der Waals surface area contributed by atoms with Gasteiger partial charge in [0, 0.05) is 28.0 Å². The Kier molecular flexibility index (Phi) is 4.33. The second-order valence-corrected chi connectivity index (χ2v) is 8.07. The summed E-state index contributed by atoms with van der Waals surface area (Å²) in [4.78, 5) is 17.4. The number of fused-ring (bicyclic) bond motifs is 1. The molecular weight excluding hydrogens is 336 g/mol. The van der Waals surface area contributed by atoms with E-state index < -0.39 is 0 Å². The van der Waals surface area contributed by atoms with Gasteiger partial charge in [-0.1, -0.05) is 6.58 Å². The van der Waals surface area contributed by atoms with E-state index in [1.54, 1.807) is 14.0 Å². The van der Waals surface area contributed by atoms with Gasteiger partial charge in [0.05, 0.1) is 12.8 Å². The SMILES string of the molecule is C=C(C)C(=O)Nc1nc(-c2cc3c(c(OC)c2)OC(C)(C)C3)c(C)s1. The van der Waals surface area contributed by atoms with E-state index in [1.165, 1.54) is 11.3 Å². The van der Waals surface area contributed by atoms with Crippen LogP contribution in [0.25, 0.3) is 11.3 Å². The second-order valence-electron chi connectivity index (χ2n) is 6.86. The molecule has 1 N–H and O–H groups in total. The van der Waals surface area contributed by atoms with Gasteiger partial charge in [0.2, 0.25) is 0 Å². The number of benzene rings is 1. The van der Waals surface area contributed by atoms with Crippen LogP contribution in [0.15, 0.2) is 24.3 Å². The van der Waals surface area contributed by atoms with Crippen LogP contribution in [-0.2, 0) is 11.2 Å². The molecule has 0 bridgehead atoms. The van der Waals surface area contributed by atoms with Gasteiger partial charge in [-0.15, -0.1) is 11.3 Å². The number of rotatable bonds is 4. The number of anilines is 1. The Balaban J connectivity index is 1.99. The monoisotopic (exact) mass is 358 g/mol. The van der Waals surface area contributed by atoms with Crippen molar-refractivity contribution < 1.29 is 14.3 Å². The Hall–Kier alpha value is -2.34. The van der Waals surface area contributed by atoms with E-state index in [0.29, 0.717) is 16.5 Å². The average Bonchev–Trinajstić information content (AvgIpc) is 3.03.